The van der Waals surface area contributed by atoms with E-state index < -0.39 is 0 Å². The lowest BCUT2D eigenvalue weighted by Crippen LogP contribution is -2.29. The smallest absolute Gasteiger partial charge is 0.274 e. The van der Waals surface area contributed by atoms with Crippen LogP contribution in [0.2, 0.25) is 0 Å². The molecule has 6 nitrogen and oxygen atoms in total. The second-order valence-electron chi connectivity index (χ2n) is 7.89. The molecule has 3 rings (SSSR count). The molecule has 0 atom stereocenters. The van der Waals surface area contributed by atoms with Crippen LogP contribution in [0.1, 0.15) is 40.0 Å². The van der Waals surface area contributed by atoms with Crippen LogP contribution in [0.4, 0.5) is 5.69 Å². The molecule has 0 aliphatic carbocycles. The maximum Gasteiger partial charge on any atom is 0.274 e. The van der Waals surface area contributed by atoms with Crippen LogP contribution in [-0.2, 0) is 11.3 Å². The predicted molar refractivity (Wildman–Crippen MR) is 102 cm³/mol. The number of carbonyl (C=O) groups excluding carboxylic acids is 1. The molecule has 2 heterocycles. The summed E-state index contributed by atoms with van der Waals surface area (Å²) in [6, 6.07) is 5.44. The number of hydrogen-bond donors (Lipinski definition) is 1. The maximum absolute atomic E-state index is 13.0. The molecular weight excluding hydrogens is 332 g/mol. The van der Waals surface area contributed by atoms with Crippen LogP contribution in [0.15, 0.2) is 23.0 Å². The highest BCUT2D eigenvalue weighted by molar-refractivity contribution is 5.95. The van der Waals surface area contributed by atoms with E-state index in [4.69, 9.17) is 9.47 Å². The fourth-order valence-electron chi connectivity index (χ4n) is 3.25. The number of nitrogens with one attached hydrogen (secondary N) is 1. The van der Waals surface area contributed by atoms with Crippen molar-refractivity contribution in [3.8, 4) is 11.5 Å². The standard InChI is InChI=1S/C20H26N2O4/c1-20(2,3)12-16(23)21-14-11-13-7-8-15(25-4)18-17(13)22(19(14)24)9-5-6-10-26-18/h7-8,11H,5-6,9-10,12H2,1-4H3,(H,21,23). The van der Waals surface area contributed by atoms with Gasteiger partial charge in [-0.05, 0) is 36.5 Å². The lowest BCUT2D eigenvalue weighted by molar-refractivity contribution is -0.117. The molecule has 1 aromatic heterocycles. The number of amides is 1. The number of nitrogens with zero attached hydrogens (tertiary/aromatic N) is 1. The zero-order valence-corrected chi connectivity index (χ0v) is 15.8. The van der Waals surface area contributed by atoms with E-state index in [0.29, 0.717) is 36.8 Å². The summed E-state index contributed by atoms with van der Waals surface area (Å²) in [4.78, 5) is 25.3. The molecule has 1 aromatic carbocycles. The number of ether oxygens (including phenoxy) is 2. The lowest BCUT2D eigenvalue weighted by Gasteiger charge is -2.21. The van der Waals surface area contributed by atoms with Crippen LogP contribution in [0, 0.1) is 5.41 Å². The third-order valence-electron chi connectivity index (χ3n) is 4.38. The summed E-state index contributed by atoms with van der Waals surface area (Å²) in [5.41, 5.74) is 0.681. The monoisotopic (exact) mass is 358 g/mol. The minimum absolute atomic E-state index is 0.144. The average Bonchev–Trinajstić information content (AvgIpc) is 2.52. The summed E-state index contributed by atoms with van der Waals surface area (Å²) < 4.78 is 13.0. The highest BCUT2D eigenvalue weighted by Gasteiger charge is 2.21. The van der Waals surface area contributed by atoms with Gasteiger partial charge in [0, 0.05) is 18.4 Å². The third-order valence-corrected chi connectivity index (χ3v) is 4.38. The van der Waals surface area contributed by atoms with Gasteiger partial charge in [-0.25, -0.2) is 0 Å². The minimum atomic E-state index is -0.209. The van der Waals surface area contributed by atoms with Gasteiger partial charge in [0.2, 0.25) is 5.91 Å². The van der Waals surface area contributed by atoms with Gasteiger partial charge in [-0.3, -0.25) is 9.59 Å². The Hall–Kier alpha value is -2.50. The molecule has 0 spiro atoms. The van der Waals surface area contributed by atoms with Gasteiger partial charge in [-0.2, -0.15) is 0 Å². The quantitative estimate of drug-likeness (QED) is 0.911. The molecule has 0 radical (unpaired) electrons. The van der Waals surface area contributed by atoms with Crippen molar-refractivity contribution in [2.75, 3.05) is 19.0 Å². The van der Waals surface area contributed by atoms with Crippen molar-refractivity contribution in [3.05, 3.63) is 28.6 Å². The van der Waals surface area contributed by atoms with Crippen LogP contribution >= 0.6 is 0 Å². The van der Waals surface area contributed by atoms with Crippen molar-refractivity contribution in [1.82, 2.24) is 4.57 Å². The van der Waals surface area contributed by atoms with Crippen LogP contribution in [0.3, 0.4) is 0 Å². The van der Waals surface area contributed by atoms with Gasteiger partial charge in [0.25, 0.3) is 5.56 Å². The van der Waals surface area contributed by atoms with Gasteiger partial charge < -0.3 is 19.4 Å². The lowest BCUT2D eigenvalue weighted by atomic mass is 9.92. The number of rotatable bonds is 3. The van der Waals surface area contributed by atoms with E-state index in [-0.39, 0.29) is 16.9 Å². The zero-order valence-electron chi connectivity index (χ0n) is 15.8. The van der Waals surface area contributed by atoms with E-state index in [9.17, 15) is 9.59 Å². The van der Waals surface area contributed by atoms with Gasteiger partial charge >= 0.3 is 0 Å². The first-order valence-electron chi connectivity index (χ1n) is 8.97. The van der Waals surface area contributed by atoms with E-state index in [1.807, 2.05) is 32.9 Å². The highest BCUT2D eigenvalue weighted by atomic mass is 16.5. The topological polar surface area (TPSA) is 69.6 Å². The Labute approximate surface area is 153 Å². The van der Waals surface area contributed by atoms with Crippen molar-refractivity contribution < 1.29 is 14.3 Å². The third kappa shape index (κ3) is 3.69. The summed E-state index contributed by atoms with van der Waals surface area (Å²) in [5.74, 6) is 1.05. The van der Waals surface area contributed by atoms with Gasteiger partial charge in [0.05, 0.1) is 19.2 Å². The van der Waals surface area contributed by atoms with Gasteiger partial charge in [0.15, 0.2) is 11.5 Å². The van der Waals surface area contributed by atoms with E-state index in [0.717, 1.165) is 23.7 Å². The predicted octanol–water partition coefficient (Wildman–Crippen LogP) is 3.56. The molecular formula is C20H26N2O4. The summed E-state index contributed by atoms with van der Waals surface area (Å²) in [5, 5.41) is 3.64. The van der Waals surface area contributed by atoms with Crippen LogP contribution in [0.25, 0.3) is 10.9 Å². The first-order chi connectivity index (χ1) is 12.3. The molecule has 2 aromatic rings. The molecule has 0 saturated heterocycles. The summed E-state index contributed by atoms with van der Waals surface area (Å²) in [6.07, 6.45) is 2.04. The van der Waals surface area contributed by atoms with Crippen LogP contribution in [-0.4, -0.2) is 24.2 Å². The number of carbonyl (C=O) groups is 1. The molecule has 1 aliphatic heterocycles. The fourth-order valence-corrected chi connectivity index (χ4v) is 3.25. The highest BCUT2D eigenvalue weighted by Crippen LogP contribution is 2.37. The Kier molecular flexibility index (Phi) is 4.94. The van der Waals surface area contributed by atoms with E-state index in [1.54, 1.807) is 17.7 Å². The molecule has 6 heteroatoms. The number of benzene rings is 1. The molecule has 1 amide bonds. The van der Waals surface area contributed by atoms with Crippen molar-refractivity contribution >= 4 is 22.5 Å². The Balaban J connectivity index is 2.12. The zero-order chi connectivity index (χ0) is 18.9. The van der Waals surface area contributed by atoms with Crippen LogP contribution < -0.4 is 20.3 Å². The number of hydrogen-bond acceptors (Lipinski definition) is 4. The normalized spacial score (nSPS) is 14.3. The molecule has 1 N–H and O–H groups in total. The van der Waals surface area contributed by atoms with Crippen molar-refractivity contribution in [3.63, 3.8) is 0 Å². The number of methoxy groups -OCH3 is 1. The first-order valence-corrected chi connectivity index (χ1v) is 8.97. The van der Waals surface area contributed by atoms with Gasteiger partial charge in [-0.1, -0.05) is 20.8 Å². The number of pyridine rings is 1. The van der Waals surface area contributed by atoms with Crippen molar-refractivity contribution in [1.29, 1.82) is 0 Å². The summed E-state index contributed by atoms with van der Waals surface area (Å²) in [6.45, 7) is 7.16. The van der Waals surface area contributed by atoms with Gasteiger partial charge in [0.1, 0.15) is 5.69 Å². The molecule has 0 saturated carbocycles. The second-order valence-corrected chi connectivity index (χ2v) is 7.89. The Morgan fingerprint density at radius 3 is 2.77 bits per heavy atom. The maximum atomic E-state index is 13.0. The Bertz CT molecular complexity index is 893. The van der Waals surface area contributed by atoms with E-state index >= 15 is 0 Å². The van der Waals surface area contributed by atoms with E-state index in [1.165, 1.54) is 0 Å². The molecule has 140 valence electrons. The number of anilines is 1. The largest absolute Gasteiger partial charge is 0.493 e. The average molecular weight is 358 g/mol. The van der Waals surface area contributed by atoms with E-state index in [2.05, 4.69) is 5.32 Å². The summed E-state index contributed by atoms with van der Waals surface area (Å²) >= 11 is 0. The molecule has 0 bridgehead atoms. The first kappa shape index (κ1) is 18.3. The fraction of sp³-hybridized carbons (Fsp3) is 0.500. The molecule has 0 unspecified atom stereocenters. The molecule has 1 aliphatic rings. The SMILES string of the molecule is COc1ccc2cc(NC(=O)CC(C)(C)C)c(=O)n3c2c1OCCCC3. The minimum Gasteiger partial charge on any atom is -0.493 e. The molecule has 0 fully saturated rings. The van der Waals surface area contributed by atoms with Crippen LogP contribution in [0.5, 0.6) is 11.5 Å². The Morgan fingerprint density at radius 1 is 1.31 bits per heavy atom. The van der Waals surface area contributed by atoms with Gasteiger partial charge in [-0.15, -0.1) is 0 Å². The number of aromatic nitrogens is 1. The number of aryl methyl sites for hydroxylation is 1. The molecule has 26 heavy (non-hydrogen) atoms. The summed E-state index contributed by atoms with van der Waals surface area (Å²) in [7, 11) is 1.59. The van der Waals surface area contributed by atoms with Crippen molar-refractivity contribution in [2.24, 2.45) is 5.41 Å². The second kappa shape index (κ2) is 7.02. The Morgan fingerprint density at radius 2 is 2.08 bits per heavy atom. The van der Waals surface area contributed by atoms with Crippen molar-refractivity contribution in [2.45, 2.75) is 46.6 Å².